The summed E-state index contributed by atoms with van der Waals surface area (Å²) in [5.74, 6) is 0. The van der Waals surface area contributed by atoms with Gasteiger partial charge in [-0.2, -0.15) is 5.26 Å². The van der Waals surface area contributed by atoms with E-state index in [2.05, 4.69) is 34.2 Å². The number of hydrogen-bond donors (Lipinski definition) is 0. The summed E-state index contributed by atoms with van der Waals surface area (Å²) in [6, 6.07) is 2.46. The molecule has 2 heterocycles. The van der Waals surface area contributed by atoms with Gasteiger partial charge in [-0.3, -0.25) is 4.90 Å². The number of nitriles is 1. The third kappa shape index (κ3) is 4.97. The Hall–Kier alpha value is -1.35. The van der Waals surface area contributed by atoms with Crippen LogP contribution in [0.3, 0.4) is 0 Å². The molecule has 0 aromatic rings. The Morgan fingerprint density at radius 1 is 1.00 bits per heavy atom. The maximum atomic E-state index is 8.95. The molecule has 2 saturated heterocycles. The fourth-order valence-corrected chi connectivity index (χ4v) is 2.41. The molecule has 5 heteroatoms. The zero-order valence-corrected chi connectivity index (χ0v) is 11.9. The Labute approximate surface area is 121 Å². The van der Waals surface area contributed by atoms with Crippen molar-refractivity contribution in [3.8, 4) is 6.07 Å². The Kier molecular flexibility index (Phi) is 6.58. The van der Waals surface area contributed by atoms with Gasteiger partial charge in [0.1, 0.15) is 0 Å². The minimum absolute atomic E-state index is 0.193. The van der Waals surface area contributed by atoms with Gasteiger partial charge in [0.05, 0.1) is 38.9 Å². The maximum Gasteiger partial charge on any atom is 0.0642 e. The van der Waals surface area contributed by atoms with Crippen LogP contribution in [0.25, 0.3) is 0 Å². The maximum absolute atomic E-state index is 8.95. The van der Waals surface area contributed by atoms with Gasteiger partial charge in [-0.1, -0.05) is 12.2 Å². The molecule has 0 radical (unpaired) electrons. The molecule has 5 nitrogen and oxygen atoms in total. The standard InChI is InChI=1S/C15H23N3O2/c16-5-4-15(18-9-13-20-14-10-18)3-1-2-6-17-7-11-19-12-8-17/h1-3,6,15H,4,7-14H2/b3-1+,6-2+. The second kappa shape index (κ2) is 8.75. The van der Waals surface area contributed by atoms with Crippen LogP contribution >= 0.6 is 0 Å². The van der Waals surface area contributed by atoms with Gasteiger partial charge in [0, 0.05) is 32.2 Å². The number of allylic oxidation sites excluding steroid dienone is 2. The average Bonchev–Trinajstić information content (AvgIpc) is 2.52. The second-order valence-electron chi connectivity index (χ2n) is 4.95. The summed E-state index contributed by atoms with van der Waals surface area (Å²) in [6.07, 6.45) is 8.85. The largest absolute Gasteiger partial charge is 0.379 e. The quantitative estimate of drug-likeness (QED) is 0.702. The van der Waals surface area contributed by atoms with Crippen LogP contribution < -0.4 is 0 Å². The topological polar surface area (TPSA) is 48.7 Å². The molecule has 0 amide bonds. The molecule has 1 atom stereocenters. The molecule has 0 aliphatic carbocycles. The highest BCUT2D eigenvalue weighted by Gasteiger charge is 2.17. The van der Waals surface area contributed by atoms with Gasteiger partial charge in [-0.15, -0.1) is 0 Å². The average molecular weight is 277 g/mol. The van der Waals surface area contributed by atoms with Gasteiger partial charge < -0.3 is 14.4 Å². The first-order valence-electron chi connectivity index (χ1n) is 7.25. The van der Waals surface area contributed by atoms with Crippen molar-refractivity contribution in [3.63, 3.8) is 0 Å². The minimum Gasteiger partial charge on any atom is -0.379 e. The molecule has 2 aliphatic heterocycles. The molecular formula is C15H23N3O2. The Bertz CT molecular complexity index is 364. The fraction of sp³-hybridized carbons (Fsp3) is 0.667. The normalized spacial score (nSPS) is 23.2. The van der Waals surface area contributed by atoms with E-state index in [4.69, 9.17) is 14.7 Å². The second-order valence-corrected chi connectivity index (χ2v) is 4.95. The molecule has 110 valence electrons. The molecule has 2 fully saturated rings. The van der Waals surface area contributed by atoms with Gasteiger partial charge in [-0.05, 0) is 12.3 Å². The van der Waals surface area contributed by atoms with E-state index in [-0.39, 0.29) is 6.04 Å². The lowest BCUT2D eigenvalue weighted by Crippen LogP contribution is -2.42. The van der Waals surface area contributed by atoms with Crippen molar-refractivity contribution in [1.82, 2.24) is 9.80 Å². The van der Waals surface area contributed by atoms with Crippen LogP contribution in [0.4, 0.5) is 0 Å². The lowest BCUT2D eigenvalue weighted by atomic mass is 10.1. The first-order chi connectivity index (χ1) is 9.90. The molecule has 2 rings (SSSR count). The number of rotatable bonds is 5. The summed E-state index contributed by atoms with van der Waals surface area (Å²) in [4.78, 5) is 4.56. The van der Waals surface area contributed by atoms with Crippen molar-refractivity contribution >= 4 is 0 Å². The van der Waals surface area contributed by atoms with Gasteiger partial charge in [-0.25, -0.2) is 0 Å². The molecule has 0 aromatic heterocycles. The Morgan fingerprint density at radius 2 is 1.65 bits per heavy atom. The number of ether oxygens (including phenoxy) is 2. The van der Waals surface area contributed by atoms with Gasteiger partial charge in [0.25, 0.3) is 0 Å². The molecule has 20 heavy (non-hydrogen) atoms. The van der Waals surface area contributed by atoms with Crippen LogP contribution in [0.5, 0.6) is 0 Å². The highest BCUT2D eigenvalue weighted by Crippen LogP contribution is 2.09. The van der Waals surface area contributed by atoms with E-state index in [9.17, 15) is 0 Å². The summed E-state index contributed by atoms with van der Waals surface area (Å²) in [5, 5.41) is 8.95. The lowest BCUT2D eigenvalue weighted by Gasteiger charge is -2.31. The highest BCUT2D eigenvalue weighted by atomic mass is 16.5. The smallest absolute Gasteiger partial charge is 0.0642 e. The molecule has 0 saturated carbocycles. The van der Waals surface area contributed by atoms with E-state index >= 15 is 0 Å². The van der Waals surface area contributed by atoms with Crippen LogP contribution in [-0.4, -0.2) is 68.4 Å². The van der Waals surface area contributed by atoms with Crippen molar-refractivity contribution in [3.05, 3.63) is 24.4 Å². The Balaban J connectivity index is 1.81. The SMILES string of the molecule is N#CCC(/C=C/C=C/N1CCOCC1)N1CCOCC1. The van der Waals surface area contributed by atoms with Crippen molar-refractivity contribution in [2.24, 2.45) is 0 Å². The monoisotopic (exact) mass is 277 g/mol. The van der Waals surface area contributed by atoms with Gasteiger partial charge in [0.15, 0.2) is 0 Å². The zero-order valence-electron chi connectivity index (χ0n) is 11.9. The van der Waals surface area contributed by atoms with E-state index in [0.29, 0.717) is 6.42 Å². The predicted molar refractivity (Wildman–Crippen MR) is 77.1 cm³/mol. The van der Waals surface area contributed by atoms with Crippen LogP contribution in [0.1, 0.15) is 6.42 Å². The zero-order chi connectivity index (χ0) is 14.0. The summed E-state index contributed by atoms with van der Waals surface area (Å²) in [6.45, 7) is 6.86. The molecule has 0 spiro atoms. The minimum atomic E-state index is 0.193. The Morgan fingerprint density at radius 3 is 2.30 bits per heavy atom. The summed E-state index contributed by atoms with van der Waals surface area (Å²) >= 11 is 0. The lowest BCUT2D eigenvalue weighted by molar-refractivity contribution is 0.0264. The van der Waals surface area contributed by atoms with Crippen LogP contribution in [0, 0.1) is 11.3 Å². The first kappa shape index (κ1) is 15.0. The predicted octanol–water partition coefficient (Wildman–Crippen LogP) is 1.00. The summed E-state index contributed by atoms with van der Waals surface area (Å²) < 4.78 is 10.7. The van der Waals surface area contributed by atoms with Crippen LogP contribution in [-0.2, 0) is 9.47 Å². The van der Waals surface area contributed by atoms with E-state index in [0.717, 1.165) is 52.6 Å². The molecule has 0 N–H and O–H groups in total. The third-order valence-corrected chi connectivity index (χ3v) is 3.60. The van der Waals surface area contributed by atoms with Crippen molar-refractivity contribution in [2.75, 3.05) is 52.6 Å². The molecule has 2 aliphatic rings. The van der Waals surface area contributed by atoms with Gasteiger partial charge in [0.2, 0.25) is 0 Å². The number of hydrogen-bond acceptors (Lipinski definition) is 5. The fourth-order valence-electron chi connectivity index (χ4n) is 2.41. The third-order valence-electron chi connectivity index (χ3n) is 3.60. The molecule has 0 bridgehead atoms. The van der Waals surface area contributed by atoms with E-state index < -0.39 is 0 Å². The van der Waals surface area contributed by atoms with E-state index in [1.54, 1.807) is 0 Å². The van der Waals surface area contributed by atoms with E-state index in [1.807, 2.05) is 6.08 Å². The molecular weight excluding hydrogens is 254 g/mol. The number of nitrogens with zero attached hydrogens (tertiary/aromatic N) is 3. The van der Waals surface area contributed by atoms with Gasteiger partial charge >= 0.3 is 0 Å². The van der Waals surface area contributed by atoms with E-state index in [1.165, 1.54) is 0 Å². The van der Waals surface area contributed by atoms with Crippen LogP contribution in [0.2, 0.25) is 0 Å². The van der Waals surface area contributed by atoms with Crippen molar-refractivity contribution in [2.45, 2.75) is 12.5 Å². The van der Waals surface area contributed by atoms with Crippen molar-refractivity contribution in [1.29, 1.82) is 5.26 Å². The molecule has 0 aromatic carbocycles. The van der Waals surface area contributed by atoms with Crippen LogP contribution in [0.15, 0.2) is 24.4 Å². The molecule has 1 unspecified atom stereocenters. The highest BCUT2D eigenvalue weighted by molar-refractivity contribution is 5.08. The van der Waals surface area contributed by atoms with Crippen molar-refractivity contribution < 1.29 is 9.47 Å². The number of morpholine rings is 2. The first-order valence-corrected chi connectivity index (χ1v) is 7.25. The summed E-state index contributed by atoms with van der Waals surface area (Å²) in [5.41, 5.74) is 0. The summed E-state index contributed by atoms with van der Waals surface area (Å²) in [7, 11) is 0.